The molecular formula is C16H22N2O4S. The van der Waals surface area contributed by atoms with E-state index >= 15 is 0 Å². The molecule has 0 radical (unpaired) electrons. The number of sulfonamides is 1. The second-order valence-corrected chi connectivity index (χ2v) is 7.97. The first-order valence-corrected chi connectivity index (χ1v) is 9.64. The highest BCUT2D eigenvalue weighted by atomic mass is 32.2. The first-order chi connectivity index (χ1) is 11.1. The van der Waals surface area contributed by atoms with E-state index in [1.165, 1.54) is 4.31 Å². The predicted octanol–water partition coefficient (Wildman–Crippen LogP) is 1.06. The van der Waals surface area contributed by atoms with Gasteiger partial charge >= 0.3 is 0 Å². The molecule has 1 aromatic rings. The largest absolute Gasteiger partial charge is 0.378 e. The number of nitrogens with zero attached hydrogens (tertiary/aromatic N) is 1. The van der Waals surface area contributed by atoms with E-state index in [1.54, 1.807) is 0 Å². The van der Waals surface area contributed by atoms with Gasteiger partial charge in [-0.05, 0) is 30.9 Å². The van der Waals surface area contributed by atoms with Crippen molar-refractivity contribution in [1.82, 2.24) is 5.32 Å². The number of nitrogens with one attached hydrogen (secondary N) is 1. The summed E-state index contributed by atoms with van der Waals surface area (Å²) in [7, 11) is -3.41. The van der Waals surface area contributed by atoms with E-state index in [9.17, 15) is 13.2 Å². The molecule has 0 bridgehead atoms. The van der Waals surface area contributed by atoms with Gasteiger partial charge in [0.25, 0.3) is 0 Å². The third kappa shape index (κ3) is 3.84. The molecule has 6 nitrogen and oxygen atoms in total. The Bertz CT molecular complexity index is 668. The smallest absolute Gasteiger partial charge is 0.236 e. The van der Waals surface area contributed by atoms with Crippen LogP contribution in [0.3, 0.4) is 0 Å². The zero-order chi connectivity index (χ0) is 16.3. The van der Waals surface area contributed by atoms with E-state index in [4.69, 9.17) is 4.74 Å². The maximum atomic E-state index is 12.5. The number of rotatable bonds is 6. The quantitative estimate of drug-likeness (QED) is 0.842. The standard InChI is InChI=1S/C16H22N2O4S/c19-16(12-14-5-3-10-22-14)17-8-11-23(20,21)18-9-7-13-4-1-2-6-15(13)18/h1-2,4,6,14H,3,5,7-12H2,(H,17,19)/t14-/m1/s1. The second kappa shape index (κ2) is 6.88. The summed E-state index contributed by atoms with van der Waals surface area (Å²) in [4.78, 5) is 11.8. The van der Waals surface area contributed by atoms with Crippen molar-refractivity contribution in [2.45, 2.75) is 31.8 Å². The van der Waals surface area contributed by atoms with Crippen molar-refractivity contribution in [2.24, 2.45) is 0 Å². The minimum atomic E-state index is -3.41. The van der Waals surface area contributed by atoms with E-state index < -0.39 is 10.0 Å². The second-order valence-electron chi connectivity index (χ2n) is 5.96. The summed E-state index contributed by atoms with van der Waals surface area (Å²) < 4.78 is 31.8. The fourth-order valence-corrected chi connectivity index (χ4v) is 4.54. The lowest BCUT2D eigenvalue weighted by atomic mass is 10.2. The Hall–Kier alpha value is -1.60. The van der Waals surface area contributed by atoms with Crippen LogP contribution in [-0.4, -0.2) is 45.9 Å². The number of amides is 1. The number of benzene rings is 1. The molecule has 0 saturated carbocycles. The average molecular weight is 338 g/mol. The van der Waals surface area contributed by atoms with Gasteiger partial charge in [-0.3, -0.25) is 9.10 Å². The molecule has 1 aromatic carbocycles. The molecule has 0 aromatic heterocycles. The minimum Gasteiger partial charge on any atom is -0.378 e. The van der Waals surface area contributed by atoms with Gasteiger partial charge in [0.05, 0.1) is 24.0 Å². The van der Waals surface area contributed by atoms with E-state index in [0.717, 1.165) is 30.5 Å². The van der Waals surface area contributed by atoms with Crippen molar-refractivity contribution in [1.29, 1.82) is 0 Å². The summed E-state index contributed by atoms with van der Waals surface area (Å²) in [5.74, 6) is -0.229. The monoisotopic (exact) mass is 338 g/mol. The molecule has 2 heterocycles. The first kappa shape index (κ1) is 16.3. The molecule has 0 aliphatic carbocycles. The lowest BCUT2D eigenvalue weighted by Gasteiger charge is -2.19. The summed E-state index contributed by atoms with van der Waals surface area (Å²) in [6.45, 7) is 1.32. The lowest BCUT2D eigenvalue weighted by molar-refractivity contribution is -0.123. The topological polar surface area (TPSA) is 75.7 Å². The lowest BCUT2D eigenvalue weighted by Crippen LogP contribution is -2.37. The van der Waals surface area contributed by atoms with Gasteiger partial charge in [-0.2, -0.15) is 0 Å². The van der Waals surface area contributed by atoms with Gasteiger partial charge in [0.2, 0.25) is 15.9 Å². The number of ether oxygens (including phenoxy) is 1. The fraction of sp³-hybridized carbons (Fsp3) is 0.562. The van der Waals surface area contributed by atoms with Crippen LogP contribution in [-0.2, 0) is 26.0 Å². The normalized spacial score (nSPS) is 20.5. The number of carbonyl (C=O) groups excluding carboxylic acids is 1. The van der Waals surface area contributed by atoms with Gasteiger partial charge < -0.3 is 10.1 Å². The van der Waals surface area contributed by atoms with Gasteiger partial charge in [-0.25, -0.2) is 8.42 Å². The van der Waals surface area contributed by atoms with Crippen LogP contribution in [0.15, 0.2) is 24.3 Å². The van der Waals surface area contributed by atoms with Gasteiger partial charge in [-0.15, -0.1) is 0 Å². The molecule has 1 atom stereocenters. The molecular weight excluding hydrogens is 316 g/mol. The van der Waals surface area contributed by atoms with Crippen LogP contribution in [0.2, 0.25) is 0 Å². The van der Waals surface area contributed by atoms with Crippen LogP contribution in [0.1, 0.15) is 24.8 Å². The zero-order valence-corrected chi connectivity index (χ0v) is 13.8. The third-order valence-corrected chi connectivity index (χ3v) is 6.07. The Morgan fingerprint density at radius 1 is 1.35 bits per heavy atom. The highest BCUT2D eigenvalue weighted by Gasteiger charge is 2.28. The molecule has 0 unspecified atom stereocenters. The van der Waals surface area contributed by atoms with Crippen molar-refractivity contribution in [2.75, 3.05) is 29.8 Å². The first-order valence-electron chi connectivity index (χ1n) is 8.03. The van der Waals surface area contributed by atoms with Crippen LogP contribution in [0.4, 0.5) is 5.69 Å². The Labute approximate surface area is 136 Å². The summed E-state index contributed by atoms with van der Waals surface area (Å²) in [5, 5.41) is 2.69. The minimum absolute atomic E-state index is 0.0166. The maximum absolute atomic E-state index is 12.5. The summed E-state index contributed by atoms with van der Waals surface area (Å²) >= 11 is 0. The van der Waals surface area contributed by atoms with E-state index in [2.05, 4.69) is 5.32 Å². The molecule has 2 aliphatic rings. The van der Waals surface area contributed by atoms with Gasteiger partial charge in [-0.1, -0.05) is 18.2 Å². The summed E-state index contributed by atoms with van der Waals surface area (Å²) in [5.41, 5.74) is 1.82. The Morgan fingerprint density at radius 3 is 2.96 bits per heavy atom. The summed E-state index contributed by atoms with van der Waals surface area (Å²) in [6.07, 6.45) is 2.92. The fourth-order valence-electron chi connectivity index (χ4n) is 3.11. The highest BCUT2D eigenvalue weighted by Crippen LogP contribution is 2.29. The molecule has 126 valence electrons. The molecule has 23 heavy (non-hydrogen) atoms. The molecule has 1 saturated heterocycles. The third-order valence-electron chi connectivity index (χ3n) is 4.30. The van der Waals surface area contributed by atoms with Crippen molar-refractivity contribution in [3.63, 3.8) is 0 Å². The van der Waals surface area contributed by atoms with Crippen LogP contribution < -0.4 is 9.62 Å². The Kier molecular flexibility index (Phi) is 4.87. The van der Waals surface area contributed by atoms with E-state index in [0.29, 0.717) is 19.6 Å². The Morgan fingerprint density at radius 2 is 2.17 bits per heavy atom. The number of fused-ring (bicyclic) bond motifs is 1. The van der Waals surface area contributed by atoms with Gasteiger partial charge in [0.15, 0.2) is 0 Å². The van der Waals surface area contributed by atoms with Crippen LogP contribution >= 0.6 is 0 Å². The number of hydrogen-bond acceptors (Lipinski definition) is 4. The van der Waals surface area contributed by atoms with Crippen molar-refractivity contribution in [3.8, 4) is 0 Å². The SMILES string of the molecule is O=C(C[C@H]1CCCO1)NCCS(=O)(=O)N1CCc2ccccc21. The predicted molar refractivity (Wildman–Crippen MR) is 87.9 cm³/mol. The highest BCUT2D eigenvalue weighted by molar-refractivity contribution is 7.92. The van der Waals surface area contributed by atoms with Crippen molar-refractivity contribution < 1.29 is 17.9 Å². The molecule has 7 heteroatoms. The molecule has 0 spiro atoms. The summed E-state index contributed by atoms with van der Waals surface area (Å²) in [6, 6.07) is 7.54. The number of para-hydroxylation sites is 1. The van der Waals surface area contributed by atoms with Gasteiger partial charge in [0.1, 0.15) is 0 Å². The number of carbonyl (C=O) groups is 1. The van der Waals surface area contributed by atoms with Gasteiger partial charge in [0, 0.05) is 19.7 Å². The average Bonchev–Trinajstić information content (AvgIpc) is 3.16. The number of hydrogen-bond donors (Lipinski definition) is 1. The molecule has 1 fully saturated rings. The van der Waals surface area contributed by atoms with E-state index in [1.807, 2.05) is 24.3 Å². The molecule has 1 amide bonds. The Balaban J connectivity index is 1.50. The van der Waals surface area contributed by atoms with Crippen LogP contribution in [0.25, 0.3) is 0 Å². The maximum Gasteiger partial charge on any atom is 0.236 e. The number of anilines is 1. The zero-order valence-electron chi connectivity index (χ0n) is 13.0. The molecule has 1 N–H and O–H groups in total. The van der Waals surface area contributed by atoms with E-state index in [-0.39, 0.29) is 24.3 Å². The van der Waals surface area contributed by atoms with Crippen molar-refractivity contribution in [3.05, 3.63) is 29.8 Å². The molecule has 2 aliphatic heterocycles. The van der Waals surface area contributed by atoms with Crippen molar-refractivity contribution >= 4 is 21.6 Å². The van der Waals surface area contributed by atoms with Crippen LogP contribution in [0, 0.1) is 0 Å². The van der Waals surface area contributed by atoms with Crippen LogP contribution in [0.5, 0.6) is 0 Å². The molecule has 3 rings (SSSR count).